The summed E-state index contributed by atoms with van der Waals surface area (Å²) >= 11 is 0. The molecule has 0 radical (unpaired) electrons. The number of carbonyl (C=O) groups excluding carboxylic acids is 1. The summed E-state index contributed by atoms with van der Waals surface area (Å²) in [7, 11) is 3.13. The van der Waals surface area contributed by atoms with Crippen LogP contribution in [-0.4, -0.2) is 44.5 Å². The first-order valence-corrected chi connectivity index (χ1v) is 5.76. The summed E-state index contributed by atoms with van der Waals surface area (Å²) in [5, 5.41) is 11.7. The van der Waals surface area contributed by atoms with Crippen LogP contribution in [0, 0.1) is 0 Å². The normalized spacial score (nSPS) is 11.9. The Morgan fingerprint density at radius 3 is 2.50 bits per heavy atom. The first-order chi connectivity index (χ1) is 8.71. The van der Waals surface area contributed by atoms with Crippen LogP contribution in [0.2, 0.25) is 0 Å². The molecule has 2 N–H and O–H groups in total. The minimum absolute atomic E-state index is 0.0108. The third kappa shape index (κ3) is 4.35. The highest BCUT2D eigenvalue weighted by molar-refractivity contribution is 5.94. The lowest BCUT2D eigenvalue weighted by Crippen LogP contribution is -2.38. The first-order valence-electron chi connectivity index (χ1n) is 5.76. The van der Waals surface area contributed by atoms with Crippen molar-refractivity contribution in [3.63, 3.8) is 0 Å². The van der Waals surface area contributed by atoms with Crippen LogP contribution in [0.15, 0.2) is 24.3 Å². The van der Waals surface area contributed by atoms with Crippen molar-refractivity contribution in [2.24, 2.45) is 0 Å². The molecule has 18 heavy (non-hydrogen) atoms. The molecule has 0 bridgehead atoms. The van der Waals surface area contributed by atoms with Gasteiger partial charge in [-0.3, -0.25) is 4.79 Å². The molecule has 1 amide bonds. The lowest BCUT2D eigenvalue weighted by molar-refractivity contribution is 0.0878. The fourth-order valence-corrected chi connectivity index (χ4v) is 1.57. The zero-order valence-corrected chi connectivity index (χ0v) is 10.7. The van der Waals surface area contributed by atoms with E-state index >= 15 is 0 Å². The van der Waals surface area contributed by atoms with Gasteiger partial charge in [-0.1, -0.05) is 0 Å². The molecule has 0 aliphatic heterocycles. The summed E-state index contributed by atoms with van der Waals surface area (Å²) in [5.41, 5.74) is 0.551. The molecule has 0 aliphatic rings. The van der Waals surface area contributed by atoms with Crippen molar-refractivity contribution in [2.45, 2.75) is 12.5 Å². The summed E-state index contributed by atoms with van der Waals surface area (Å²) in [6, 6.07) is 6.65. The second-order valence-corrected chi connectivity index (χ2v) is 3.87. The molecule has 0 aromatic heterocycles. The van der Waals surface area contributed by atoms with Crippen molar-refractivity contribution < 1.29 is 19.4 Å². The molecule has 0 heterocycles. The Morgan fingerprint density at radius 2 is 2.00 bits per heavy atom. The first kappa shape index (κ1) is 14.5. The van der Waals surface area contributed by atoms with Crippen molar-refractivity contribution in [2.75, 3.05) is 27.4 Å². The molecule has 1 rings (SSSR count). The maximum Gasteiger partial charge on any atom is 0.251 e. The number of amides is 1. The van der Waals surface area contributed by atoms with E-state index in [2.05, 4.69) is 5.32 Å². The molecule has 0 saturated carbocycles. The fraction of sp³-hybridized carbons (Fsp3) is 0.462. The quantitative estimate of drug-likeness (QED) is 0.755. The molecule has 1 aromatic carbocycles. The summed E-state index contributed by atoms with van der Waals surface area (Å²) in [6.07, 6.45) is 0.468. The summed E-state index contributed by atoms with van der Waals surface area (Å²) < 4.78 is 10.0. The topological polar surface area (TPSA) is 67.8 Å². The lowest BCUT2D eigenvalue weighted by Gasteiger charge is -2.16. The minimum atomic E-state index is -0.187. The Bertz CT molecular complexity index is 358. The van der Waals surface area contributed by atoms with Crippen LogP contribution in [0.25, 0.3) is 0 Å². The number of hydrogen-bond acceptors (Lipinski definition) is 4. The Morgan fingerprint density at radius 1 is 1.33 bits per heavy atom. The Hall–Kier alpha value is -1.59. The summed E-state index contributed by atoms with van der Waals surface area (Å²) in [4.78, 5) is 11.9. The predicted molar refractivity (Wildman–Crippen MR) is 67.8 cm³/mol. The lowest BCUT2D eigenvalue weighted by atomic mass is 10.1. The maximum absolute atomic E-state index is 11.9. The molecule has 0 saturated heterocycles. The zero-order valence-electron chi connectivity index (χ0n) is 10.7. The van der Waals surface area contributed by atoms with E-state index in [-0.39, 0.29) is 18.6 Å². The van der Waals surface area contributed by atoms with E-state index in [0.717, 1.165) is 0 Å². The van der Waals surface area contributed by atoms with Gasteiger partial charge in [-0.05, 0) is 30.7 Å². The number of benzene rings is 1. The van der Waals surface area contributed by atoms with E-state index in [1.54, 1.807) is 38.5 Å². The summed E-state index contributed by atoms with van der Waals surface area (Å²) in [6.45, 7) is 0.388. The molecular weight excluding hydrogens is 234 g/mol. The predicted octanol–water partition coefficient (Wildman–Crippen LogP) is 0.822. The highest BCUT2D eigenvalue weighted by Gasteiger charge is 2.13. The number of aliphatic hydroxyl groups excluding tert-OH is 1. The van der Waals surface area contributed by atoms with Gasteiger partial charge in [0.15, 0.2) is 0 Å². The summed E-state index contributed by atoms with van der Waals surface area (Å²) in [5.74, 6) is 0.517. The van der Waals surface area contributed by atoms with E-state index in [0.29, 0.717) is 24.3 Å². The third-order valence-corrected chi connectivity index (χ3v) is 2.53. The van der Waals surface area contributed by atoms with Crippen LogP contribution in [-0.2, 0) is 4.74 Å². The Labute approximate surface area is 107 Å². The van der Waals surface area contributed by atoms with Gasteiger partial charge in [0, 0.05) is 19.3 Å². The highest BCUT2D eigenvalue weighted by atomic mass is 16.5. The monoisotopic (exact) mass is 253 g/mol. The molecule has 0 fully saturated rings. The maximum atomic E-state index is 11.9. The molecule has 100 valence electrons. The van der Waals surface area contributed by atoms with Gasteiger partial charge in [0.25, 0.3) is 5.91 Å². The third-order valence-electron chi connectivity index (χ3n) is 2.53. The van der Waals surface area contributed by atoms with Crippen molar-refractivity contribution >= 4 is 5.91 Å². The van der Waals surface area contributed by atoms with Crippen molar-refractivity contribution in [1.82, 2.24) is 5.32 Å². The van der Waals surface area contributed by atoms with Gasteiger partial charge in [-0.25, -0.2) is 0 Å². The van der Waals surface area contributed by atoms with Gasteiger partial charge in [-0.2, -0.15) is 0 Å². The number of aliphatic hydroxyl groups is 1. The van der Waals surface area contributed by atoms with Crippen LogP contribution in [0.3, 0.4) is 0 Å². The number of ether oxygens (including phenoxy) is 2. The van der Waals surface area contributed by atoms with E-state index in [4.69, 9.17) is 14.6 Å². The van der Waals surface area contributed by atoms with Crippen molar-refractivity contribution in [1.29, 1.82) is 0 Å². The van der Waals surface area contributed by atoms with Crippen LogP contribution in [0.1, 0.15) is 16.8 Å². The van der Waals surface area contributed by atoms with Crippen LogP contribution in [0.4, 0.5) is 0 Å². The number of nitrogens with one attached hydrogen (secondary N) is 1. The fourth-order valence-electron chi connectivity index (χ4n) is 1.57. The second-order valence-electron chi connectivity index (χ2n) is 3.87. The van der Waals surface area contributed by atoms with E-state index in [9.17, 15) is 4.79 Å². The second kappa shape index (κ2) is 7.68. The van der Waals surface area contributed by atoms with E-state index in [1.165, 1.54) is 0 Å². The average molecular weight is 253 g/mol. The molecular formula is C13H19NO4. The van der Waals surface area contributed by atoms with Crippen LogP contribution in [0.5, 0.6) is 5.75 Å². The van der Waals surface area contributed by atoms with Crippen molar-refractivity contribution in [3.05, 3.63) is 29.8 Å². The SMILES string of the molecule is COCC(CCO)NC(=O)c1ccc(OC)cc1. The van der Waals surface area contributed by atoms with Gasteiger partial charge in [0.2, 0.25) is 0 Å². The van der Waals surface area contributed by atoms with E-state index in [1.807, 2.05) is 0 Å². The van der Waals surface area contributed by atoms with Gasteiger partial charge >= 0.3 is 0 Å². The molecule has 1 aromatic rings. The highest BCUT2D eigenvalue weighted by Crippen LogP contribution is 2.11. The Balaban J connectivity index is 2.61. The minimum Gasteiger partial charge on any atom is -0.497 e. The zero-order chi connectivity index (χ0) is 13.4. The van der Waals surface area contributed by atoms with Gasteiger partial charge in [0.05, 0.1) is 19.8 Å². The molecule has 0 spiro atoms. The number of methoxy groups -OCH3 is 2. The smallest absolute Gasteiger partial charge is 0.251 e. The number of carbonyl (C=O) groups is 1. The van der Waals surface area contributed by atoms with Gasteiger partial charge in [-0.15, -0.1) is 0 Å². The standard InChI is InChI=1S/C13H19NO4/c1-17-9-11(7-8-15)14-13(16)10-3-5-12(18-2)6-4-10/h3-6,11,15H,7-9H2,1-2H3,(H,14,16). The molecule has 1 unspecified atom stereocenters. The largest absolute Gasteiger partial charge is 0.497 e. The Kier molecular flexibility index (Phi) is 6.18. The molecule has 5 heteroatoms. The van der Waals surface area contributed by atoms with Crippen LogP contribution >= 0.6 is 0 Å². The molecule has 0 aliphatic carbocycles. The molecule has 5 nitrogen and oxygen atoms in total. The average Bonchev–Trinajstić information content (AvgIpc) is 2.39. The van der Waals surface area contributed by atoms with Crippen LogP contribution < -0.4 is 10.1 Å². The molecule has 1 atom stereocenters. The van der Waals surface area contributed by atoms with Gasteiger partial charge in [0.1, 0.15) is 5.75 Å². The number of hydrogen-bond donors (Lipinski definition) is 2. The van der Waals surface area contributed by atoms with Gasteiger partial charge < -0.3 is 19.9 Å². The van der Waals surface area contributed by atoms with E-state index < -0.39 is 0 Å². The van der Waals surface area contributed by atoms with Crippen molar-refractivity contribution in [3.8, 4) is 5.75 Å². The number of rotatable bonds is 7.